The van der Waals surface area contributed by atoms with E-state index in [0.717, 1.165) is 5.56 Å². The van der Waals surface area contributed by atoms with Crippen LogP contribution in [0.3, 0.4) is 0 Å². The molecule has 0 atom stereocenters. The number of nitrogens with one attached hydrogen (secondary N) is 1. The molecule has 0 aliphatic heterocycles. The first-order valence-electron chi connectivity index (χ1n) is 5.90. The van der Waals surface area contributed by atoms with Crippen molar-refractivity contribution in [1.82, 2.24) is 0 Å². The molecule has 4 heteroatoms. The molecule has 2 rings (SSSR count). The van der Waals surface area contributed by atoms with Crippen molar-refractivity contribution in [1.29, 1.82) is 5.41 Å². The molecule has 19 heavy (non-hydrogen) atoms. The molecule has 0 saturated carbocycles. The van der Waals surface area contributed by atoms with E-state index in [1.807, 2.05) is 30.3 Å². The van der Waals surface area contributed by atoms with Crippen LogP contribution >= 0.6 is 0 Å². The Hall–Kier alpha value is -2.49. The van der Waals surface area contributed by atoms with Crippen molar-refractivity contribution in [3.8, 4) is 11.5 Å². The third-order valence-electron chi connectivity index (χ3n) is 2.71. The molecular formula is C15H16N2O2. The Morgan fingerprint density at radius 1 is 1.11 bits per heavy atom. The molecule has 0 unspecified atom stereocenters. The van der Waals surface area contributed by atoms with E-state index in [-0.39, 0.29) is 5.84 Å². The van der Waals surface area contributed by atoms with Gasteiger partial charge in [-0.05, 0) is 23.8 Å². The van der Waals surface area contributed by atoms with Gasteiger partial charge in [-0.1, -0.05) is 30.3 Å². The van der Waals surface area contributed by atoms with E-state index in [4.69, 9.17) is 20.6 Å². The van der Waals surface area contributed by atoms with Gasteiger partial charge in [0, 0.05) is 5.56 Å². The van der Waals surface area contributed by atoms with Gasteiger partial charge in [0.1, 0.15) is 12.4 Å². The highest BCUT2D eigenvalue weighted by atomic mass is 16.5. The van der Waals surface area contributed by atoms with Gasteiger partial charge in [0.2, 0.25) is 0 Å². The Balaban J connectivity index is 2.14. The third-order valence-corrected chi connectivity index (χ3v) is 2.71. The van der Waals surface area contributed by atoms with Crippen LogP contribution in [0.15, 0.2) is 48.5 Å². The molecule has 3 N–H and O–H groups in total. The van der Waals surface area contributed by atoms with Crippen LogP contribution in [-0.4, -0.2) is 12.9 Å². The summed E-state index contributed by atoms with van der Waals surface area (Å²) in [6.45, 7) is 0.469. The number of nitrogen functional groups attached to an aromatic ring is 1. The molecule has 0 aliphatic rings. The lowest BCUT2D eigenvalue weighted by molar-refractivity contribution is 0.284. The molecule has 0 aliphatic carbocycles. The molecular weight excluding hydrogens is 240 g/mol. The lowest BCUT2D eigenvalue weighted by Crippen LogP contribution is -2.11. The van der Waals surface area contributed by atoms with Gasteiger partial charge in [-0.25, -0.2) is 0 Å². The number of ether oxygens (including phenoxy) is 2. The zero-order valence-corrected chi connectivity index (χ0v) is 10.7. The van der Waals surface area contributed by atoms with Crippen molar-refractivity contribution in [2.75, 3.05) is 7.11 Å². The third kappa shape index (κ3) is 3.25. The highest BCUT2D eigenvalue weighted by molar-refractivity contribution is 5.95. The minimum absolute atomic E-state index is 0.00732. The molecule has 0 bridgehead atoms. The van der Waals surface area contributed by atoms with Crippen LogP contribution in [0.2, 0.25) is 0 Å². The Labute approximate surface area is 112 Å². The summed E-state index contributed by atoms with van der Waals surface area (Å²) in [6.07, 6.45) is 0. The summed E-state index contributed by atoms with van der Waals surface area (Å²) in [7, 11) is 1.56. The average Bonchev–Trinajstić information content (AvgIpc) is 2.45. The second-order valence-electron chi connectivity index (χ2n) is 4.05. The molecule has 0 amide bonds. The van der Waals surface area contributed by atoms with Crippen molar-refractivity contribution in [3.63, 3.8) is 0 Å². The Morgan fingerprint density at radius 3 is 2.47 bits per heavy atom. The van der Waals surface area contributed by atoms with Gasteiger partial charge in [0.15, 0.2) is 11.5 Å². The summed E-state index contributed by atoms with van der Waals surface area (Å²) in [6, 6.07) is 15.1. The van der Waals surface area contributed by atoms with Crippen molar-refractivity contribution in [3.05, 3.63) is 59.7 Å². The molecule has 98 valence electrons. The maximum atomic E-state index is 7.40. The monoisotopic (exact) mass is 256 g/mol. The van der Waals surface area contributed by atoms with Gasteiger partial charge in [-0.2, -0.15) is 0 Å². The standard InChI is InChI=1S/C15H16N2O2/c1-18-14-9-12(15(16)17)7-8-13(14)19-10-11-5-3-2-4-6-11/h2-9H,10H2,1H3,(H3,16,17). The van der Waals surface area contributed by atoms with Crippen LogP contribution in [0, 0.1) is 5.41 Å². The summed E-state index contributed by atoms with van der Waals surface area (Å²) in [5.41, 5.74) is 7.14. The quantitative estimate of drug-likeness (QED) is 0.638. The van der Waals surface area contributed by atoms with Crippen LogP contribution in [0.5, 0.6) is 11.5 Å². The van der Waals surface area contributed by atoms with E-state index < -0.39 is 0 Å². The maximum Gasteiger partial charge on any atom is 0.161 e. The molecule has 0 fully saturated rings. The summed E-state index contributed by atoms with van der Waals surface area (Å²) in [5, 5.41) is 7.40. The van der Waals surface area contributed by atoms with Crippen LogP contribution in [0.1, 0.15) is 11.1 Å². The first-order chi connectivity index (χ1) is 9.20. The summed E-state index contributed by atoms with van der Waals surface area (Å²) in [4.78, 5) is 0. The molecule has 2 aromatic rings. The van der Waals surface area contributed by atoms with Crippen LogP contribution in [0.25, 0.3) is 0 Å². The Morgan fingerprint density at radius 2 is 1.84 bits per heavy atom. The zero-order chi connectivity index (χ0) is 13.7. The lowest BCUT2D eigenvalue weighted by Gasteiger charge is -2.11. The topological polar surface area (TPSA) is 68.3 Å². The fourth-order valence-electron chi connectivity index (χ4n) is 1.69. The van der Waals surface area contributed by atoms with Gasteiger partial charge in [0.05, 0.1) is 7.11 Å². The van der Waals surface area contributed by atoms with Crippen molar-refractivity contribution >= 4 is 5.84 Å². The first kappa shape index (κ1) is 13.0. The number of hydrogen-bond acceptors (Lipinski definition) is 3. The predicted octanol–water partition coefficient (Wildman–Crippen LogP) is 2.56. The van der Waals surface area contributed by atoms with Crippen LogP contribution < -0.4 is 15.2 Å². The van der Waals surface area contributed by atoms with Crippen molar-refractivity contribution in [2.45, 2.75) is 6.61 Å². The number of nitrogens with two attached hydrogens (primary N) is 1. The van der Waals surface area contributed by atoms with Gasteiger partial charge in [-0.3, -0.25) is 5.41 Å². The Bertz CT molecular complexity index is 568. The first-order valence-corrected chi connectivity index (χ1v) is 5.90. The molecule has 0 spiro atoms. The van der Waals surface area contributed by atoms with E-state index >= 15 is 0 Å². The number of benzene rings is 2. The van der Waals surface area contributed by atoms with E-state index in [2.05, 4.69) is 0 Å². The maximum absolute atomic E-state index is 7.40. The molecule has 0 aromatic heterocycles. The normalized spacial score (nSPS) is 9.95. The largest absolute Gasteiger partial charge is 0.493 e. The summed E-state index contributed by atoms with van der Waals surface area (Å²) < 4.78 is 11.0. The molecule has 2 aromatic carbocycles. The number of rotatable bonds is 5. The summed E-state index contributed by atoms with van der Waals surface area (Å²) in [5.74, 6) is 1.22. The fraction of sp³-hybridized carbons (Fsp3) is 0.133. The van der Waals surface area contributed by atoms with Crippen LogP contribution in [0.4, 0.5) is 0 Å². The number of hydrogen-bond donors (Lipinski definition) is 2. The van der Waals surface area contributed by atoms with E-state index in [1.165, 1.54) is 0 Å². The van der Waals surface area contributed by atoms with E-state index in [1.54, 1.807) is 25.3 Å². The SMILES string of the molecule is COc1cc(C(=N)N)ccc1OCc1ccccc1. The lowest BCUT2D eigenvalue weighted by atomic mass is 10.2. The van der Waals surface area contributed by atoms with E-state index in [0.29, 0.717) is 23.7 Å². The fourth-order valence-corrected chi connectivity index (χ4v) is 1.69. The molecule has 0 saturated heterocycles. The number of methoxy groups -OCH3 is 1. The average molecular weight is 256 g/mol. The second-order valence-corrected chi connectivity index (χ2v) is 4.05. The zero-order valence-electron chi connectivity index (χ0n) is 10.7. The molecule has 0 radical (unpaired) electrons. The highest BCUT2D eigenvalue weighted by Crippen LogP contribution is 2.28. The van der Waals surface area contributed by atoms with Crippen molar-refractivity contribution in [2.24, 2.45) is 5.73 Å². The number of amidine groups is 1. The van der Waals surface area contributed by atoms with Gasteiger partial charge in [0.25, 0.3) is 0 Å². The molecule has 4 nitrogen and oxygen atoms in total. The molecule has 0 heterocycles. The van der Waals surface area contributed by atoms with Gasteiger partial charge < -0.3 is 15.2 Å². The predicted molar refractivity (Wildman–Crippen MR) is 74.8 cm³/mol. The minimum atomic E-state index is 0.00732. The minimum Gasteiger partial charge on any atom is -0.493 e. The van der Waals surface area contributed by atoms with E-state index in [9.17, 15) is 0 Å². The highest BCUT2D eigenvalue weighted by Gasteiger charge is 2.07. The van der Waals surface area contributed by atoms with Crippen molar-refractivity contribution < 1.29 is 9.47 Å². The van der Waals surface area contributed by atoms with Gasteiger partial charge >= 0.3 is 0 Å². The Kier molecular flexibility index (Phi) is 4.03. The van der Waals surface area contributed by atoms with Crippen LogP contribution in [-0.2, 0) is 6.61 Å². The smallest absolute Gasteiger partial charge is 0.161 e. The second kappa shape index (κ2) is 5.91. The van der Waals surface area contributed by atoms with Gasteiger partial charge in [-0.15, -0.1) is 0 Å². The summed E-state index contributed by atoms with van der Waals surface area (Å²) >= 11 is 0.